The highest BCUT2D eigenvalue weighted by molar-refractivity contribution is 5.27. The van der Waals surface area contributed by atoms with Crippen molar-refractivity contribution in [1.82, 2.24) is 0 Å². The Morgan fingerprint density at radius 1 is 1.15 bits per heavy atom. The molecule has 0 bridgehead atoms. The van der Waals surface area contributed by atoms with E-state index in [1.807, 2.05) is 6.07 Å². The zero-order chi connectivity index (χ0) is 14.8. The Kier molecular flexibility index (Phi) is 7.78. The van der Waals surface area contributed by atoms with Crippen LogP contribution in [0, 0.1) is 5.82 Å². The maximum absolute atomic E-state index is 13.4. The van der Waals surface area contributed by atoms with Crippen LogP contribution in [0.25, 0.3) is 0 Å². The zero-order valence-corrected chi connectivity index (χ0v) is 12.6. The SMILES string of the molecule is CCCCCCCCC(CN)(CO)c1cccc(F)c1. The third kappa shape index (κ3) is 4.88. The molecule has 0 saturated carbocycles. The van der Waals surface area contributed by atoms with Gasteiger partial charge in [-0.3, -0.25) is 0 Å². The van der Waals surface area contributed by atoms with Gasteiger partial charge in [0.15, 0.2) is 0 Å². The summed E-state index contributed by atoms with van der Waals surface area (Å²) in [5.74, 6) is -0.267. The first-order valence-electron chi connectivity index (χ1n) is 7.75. The van der Waals surface area contributed by atoms with Crippen LogP contribution in [0.4, 0.5) is 4.39 Å². The minimum absolute atomic E-state index is 0.0259. The highest BCUT2D eigenvalue weighted by atomic mass is 19.1. The number of rotatable bonds is 10. The van der Waals surface area contributed by atoms with Crippen molar-refractivity contribution < 1.29 is 9.50 Å². The third-order valence-electron chi connectivity index (χ3n) is 4.14. The molecule has 0 aliphatic rings. The van der Waals surface area contributed by atoms with E-state index in [0.29, 0.717) is 6.54 Å². The minimum Gasteiger partial charge on any atom is -0.395 e. The molecule has 114 valence electrons. The van der Waals surface area contributed by atoms with Gasteiger partial charge < -0.3 is 10.8 Å². The molecule has 1 atom stereocenters. The summed E-state index contributed by atoms with van der Waals surface area (Å²) in [6.07, 6.45) is 8.01. The first kappa shape index (κ1) is 17.1. The standard InChI is InChI=1S/C17H28FNO/c1-2-3-4-5-6-7-11-17(13-19,14-20)15-9-8-10-16(18)12-15/h8-10,12,20H,2-7,11,13-14,19H2,1H3. The van der Waals surface area contributed by atoms with Crippen molar-refractivity contribution in [3.63, 3.8) is 0 Å². The average molecular weight is 281 g/mol. The second kappa shape index (κ2) is 9.09. The van der Waals surface area contributed by atoms with Crippen molar-refractivity contribution in [3.8, 4) is 0 Å². The normalized spacial score (nSPS) is 14.2. The lowest BCUT2D eigenvalue weighted by Crippen LogP contribution is -2.39. The summed E-state index contributed by atoms with van der Waals surface area (Å²) in [4.78, 5) is 0. The summed E-state index contributed by atoms with van der Waals surface area (Å²) in [7, 11) is 0. The summed E-state index contributed by atoms with van der Waals surface area (Å²) < 4.78 is 13.4. The Balaban J connectivity index is 2.58. The summed E-state index contributed by atoms with van der Waals surface area (Å²) in [5.41, 5.74) is 6.20. The van der Waals surface area contributed by atoms with Crippen molar-refractivity contribution in [3.05, 3.63) is 35.6 Å². The molecule has 1 unspecified atom stereocenters. The smallest absolute Gasteiger partial charge is 0.123 e. The fourth-order valence-electron chi connectivity index (χ4n) is 2.66. The maximum atomic E-state index is 13.4. The number of hydrogen-bond donors (Lipinski definition) is 2. The molecule has 3 heteroatoms. The Bertz CT molecular complexity index is 377. The van der Waals surface area contributed by atoms with Crippen molar-refractivity contribution in [2.75, 3.05) is 13.2 Å². The molecule has 1 aromatic carbocycles. The molecular formula is C17H28FNO. The van der Waals surface area contributed by atoms with E-state index < -0.39 is 5.41 Å². The van der Waals surface area contributed by atoms with Gasteiger partial charge >= 0.3 is 0 Å². The third-order valence-corrected chi connectivity index (χ3v) is 4.14. The van der Waals surface area contributed by atoms with Gasteiger partial charge in [0.1, 0.15) is 5.82 Å². The molecule has 0 amide bonds. The Morgan fingerprint density at radius 3 is 2.45 bits per heavy atom. The molecule has 3 N–H and O–H groups in total. The Morgan fingerprint density at radius 2 is 1.85 bits per heavy atom. The van der Waals surface area contributed by atoms with Gasteiger partial charge in [0.05, 0.1) is 6.61 Å². The average Bonchev–Trinajstić information content (AvgIpc) is 2.47. The molecule has 0 spiro atoms. The van der Waals surface area contributed by atoms with Gasteiger partial charge in [-0.05, 0) is 24.1 Å². The van der Waals surface area contributed by atoms with Crippen LogP contribution in [-0.4, -0.2) is 18.3 Å². The van der Waals surface area contributed by atoms with E-state index in [2.05, 4.69) is 6.92 Å². The molecule has 0 fully saturated rings. The predicted octanol–water partition coefficient (Wildman–Crippen LogP) is 3.77. The van der Waals surface area contributed by atoms with Crippen molar-refractivity contribution in [2.45, 2.75) is 57.3 Å². The first-order valence-corrected chi connectivity index (χ1v) is 7.75. The lowest BCUT2D eigenvalue weighted by molar-refractivity contribution is 0.184. The van der Waals surface area contributed by atoms with E-state index in [1.54, 1.807) is 6.07 Å². The van der Waals surface area contributed by atoms with E-state index >= 15 is 0 Å². The lowest BCUT2D eigenvalue weighted by Gasteiger charge is -2.31. The van der Waals surface area contributed by atoms with Crippen molar-refractivity contribution in [1.29, 1.82) is 0 Å². The second-order valence-corrected chi connectivity index (χ2v) is 5.67. The molecular weight excluding hydrogens is 253 g/mol. The second-order valence-electron chi connectivity index (χ2n) is 5.67. The molecule has 0 aliphatic carbocycles. The molecule has 20 heavy (non-hydrogen) atoms. The van der Waals surface area contributed by atoms with E-state index in [9.17, 15) is 9.50 Å². The van der Waals surface area contributed by atoms with Gasteiger partial charge in [-0.15, -0.1) is 0 Å². The van der Waals surface area contributed by atoms with Crippen molar-refractivity contribution >= 4 is 0 Å². The Hall–Kier alpha value is -0.930. The summed E-state index contributed by atoms with van der Waals surface area (Å²) in [6, 6.07) is 6.47. The fraction of sp³-hybridized carbons (Fsp3) is 0.647. The molecule has 0 aliphatic heterocycles. The monoisotopic (exact) mass is 281 g/mol. The molecule has 0 heterocycles. The zero-order valence-electron chi connectivity index (χ0n) is 12.6. The summed E-state index contributed by atoms with van der Waals surface area (Å²) in [5, 5.41) is 9.76. The Labute approximate surface area is 122 Å². The molecule has 1 aromatic rings. The number of aliphatic hydroxyl groups is 1. The van der Waals surface area contributed by atoms with Gasteiger partial charge in [0.2, 0.25) is 0 Å². The summed E-state index contributed by atoms with van der Waals surface area (Å²) >= 11 is 0. The predicted molar refractivity (Wildman–Crippen MR) is 82.2 cm³/mol. The van der Waals surface area contributed by atoms with Crippen LogP contribution in [0.2, 0.25) is 0 Å². The highest BCUT2D eigenvalue weighted by Crippen LogP contribution is 2.29. The highest BCUT2D eigenvalue weighted by Gasteiger charge is 2.29. The minimum atomic E-state index is -0.493. The fourth-order valence-corrected chi connectivity index (χ4v) is 2.66. The topological polar surface area (TPSA) is 46.2 Å². The van der Waals surface area contributed by atoms with Gasteiger partial charge in [-0.1, -0.05) is 57.6 Å². The molecule has 1 rings (SSSR count). The molecule has 0 saturated heterocycles. The number of unbranched alkanes of at least 4 members (excludes halogenated alkanes) is 5. The van der Waals surface area contributed by atoms with Crippen LogP contribution < -0.4 is 5.73 Å². The van der Waals surface area contributed by atoms with Gasteiger partial charge in [0.25, 0.3) is 0 Å². The number of aliphatic hydroxyl groups excluding tert-OH is 1. The molecule has 2 nitrogen and oxygen atoms in total. The van der Waals surface area contributed by atoms with Crippen LogP contribution in [0.1, 0.15) is 57.4 Å². The van der Waals surface area contributed by atoms with E-state index in [0.717, 1.165) is 24.8 Å². The van der Waals surface area contributed by atoms with E-state index in [4.69, 9.17) is 5.73 Å². The van der Waals surface area contributed by atoms with Gasteiger partial charge in [0, 0.05) is 12.0 Å². The van der Waals surface area contributed by atoms with Crippen LogP contribution in [0.15, 0.2) is 24.3 Å². The quantitative estimate of drug-likeness (QED) is 0.641. The number of nitrogens with two attached hydrogens (primary N) is 1. The first-order chi connectivity index (χ1) is 9.68. The largest absolute Gasteiger partial charge is 0.395 e. The van der Waals surface area contributed by atoms with Gasteiger partial charge in [-0.2, -0.15) is 0 Å². The number of halogens is 1. The van der Waals surface area contributed by atoms with E-state index in [-0.39, 0.29) is 12.4 Å². The van der Waals surface area contributed by atoms with Crippen LogP contribution >= 0.6 is 0 Å². The maximum Gasteiger partial charge on any atom is 0.123 e. The molecule has 0 aromatic heterocycles. The number of hydrogen-bond acceptors (Lipinski definition) is 2. The van der Waals surface area contributed by atoms with E-state index in [1.165, 1.54) is 37.8 Å². The van der Waals surface area contributed by atoms with Crippen LogP contribution in [-0.2, 0) is 5.41 Å². The van der Waals surface area contributed by atoms with Crippen LogP contribution in [0.3, 0.4) is 0 Å². The lowest BCUT2D eigenvalue weighted by atomic mass is 9.77. The van der Waals surface area contributed by atoms with Crippen LogP contribution in [0.5, 0.6) is 0 Å². The summed E-state index contributed by atoms with van der Waals surface area (Å²) in [6.45, 7) is 2.53. The van der Waals surface area contributed by atoms with Crippen molar-refractivity contribution in [2.24, 2.45) is 5.73 Å². The molecule has 0 radical (unpaired) electrons. The number of benzene rings is 1. The van der Waals surface area contributed by atoms with Gasteiger partial charge in [-0.25, -0.2) is 4.39 Å².